The van der Waals surface area contributed by atoms with Crippen molar-refractivity contribution >= 4 is 11.3 Å². The monoisotopic (exact) mass is 270 g/mol. The summed E-state index contributed by atoms with van der Waals surface area (Å²) in [7, 11) is 0. The summed E-state index contributed by atoms with van der Waals surface area (Å²) in [5, 5.41) is 21.6. The van der Waals surface area contributed by atoms with Crippen LogP contribution in [0.1, 0.15) is 18.4 Å². The van der Waals surface area contributed by atoms with E-state index in [4.69, 9.17) is 10.5 Å². The first-order valence-corrected chi connectivity index (χ1v) is 6.00. The number of halogens is 3. The Morgan fingerprint density at radius 2 is 1.94 bits per heavy atom. The van der Waals surface area contributed by atoms with Gasteiger partial charge in [0.15, 0.2) is 5.83 Å². The van der Waals surface area contributed by atoms with E-state index in [2.05, 4.69) is 0 Å². The van der Waals surface area contributed by atoms with Crippen LogP contribution in [0.2, 0.25) is 0 Å². The van der Waals surface area contributed by atoms with Crippen molar-refractivity contribution in [3.8, 4) is 12.1 Å². The van der Waals surface area contributed by atoms with Crippen molar-refractivity contribution in [3.05, 3.63) is 34.3 Å². The molecule has 0 spiro atoms. The van der Waals surface area contributed by atoms with Gasteiger partial charge >= 0.3 is 6.08 Å². The number of nitrogens with zero attached hydrogens (tertiary/aromatic N) is 2. The number of hydrogen-bond donors (Lipinski definition) is 0. The van der Waals surface area contributed by atoms with Crippen LogP contribution in [0.5, 0.6) is 0 Å². The molecule has 0 amide bonds. The van der Waals surface area contributed by atoms with Crippen LogP contribution in [0.3, 0.4) is 0 Å². The van der Waals surface area contributed by atoms with Gasteiger partial charge in [0.1, 0.15) is 5.41 Å². The summed E-state index contributed by atoms with van der Waals surface area (Å²) in [4.78, 5) is 0. The van der Waals surface area contributed by atoms with Crippen molar-refractivity contribution in [1.82, 2.24) is 0 Å². The van der Waals surface area contributed by atoms with E-state index in [1.54, 1.807) is 16.8 Å². The highest BCUT2D eigenvalue weighted by atomic mass is 32.1. The van der Waals surface area contributed by atoms with E-state index in [0.717, 1.165) is 5.56 Å². The SMILES string of the molecule is N#CC(C#N)(CCC(F)=C(F)F)Cc1ccsc1. The third kappa shape index (κ3) is 3.61. The average Bonchev–Trinajstić information content (AvgIpc) is 2.86. The second kappa shape index (κ2) is 6.23. The van der Waals surface area contributed by atoms with E-state index in [0.29, 0.717) is 0 Å². The van der Waals surface area contributed by atoms with E-state index < -0.39 is 23.7 Å². The number of thiophene rings is 1. The highest BCUT2D eigenvalue weighted by Gasteiger charge is 2.31. The Morgan fingerprint density at radius 1 is 1.28 bits per heavy atom. The van der Waals surface area contributed by atoms with Gasteiger partial charge < -0.3 is 0 Å². The Bertz CT molecular complexity index is 490. The van der Waals surface area contributed by atoms with Gasteiger partial charge in [0.25, 0.3) is 0 Å². The Kier molecular flexibility index (Phi) is 4.94. The molecule has 0 saturated carbocycles. The van der Waals surface area contributed by atoms with Crippen LogP contribution in [0, 0.1) is 28.1 Å². The first-order valence-electron chi connectivity index (χ1n) is 5.06. The van der Waals surface area contributed by atoms with Gasteiger partial charge in [0.05, 0.1) is 12.1 Å². The molecule has 1 aromatic heterocycles. The lowest BCUT2D eigenvalue weighted by Crippen LogP contribution is -2.19. The van der Waals surface area contributed by atoms with E-state index in [1.807, 2.05) is 12.1 Å². The minimum absolute atomic E-state index is 0.116. The molecule has 0 radical (unpaired) electrons. The van der Waals surface area contributed by atoms with Crippen molar-refractivity contribution in [3.63, 3.8) is 0 Å². The van der Waals surface area contributed by atoms with Gasteiger partial charge in [0.2, 0.25) is 0 Å². The summed E-state index contributed by atoms with van der Waals surface area (Å²) in [5.74, 6) is -1.56. The minimum Gasteiger partial charge on any atom is -0.206 e. The lowest BCUT2D eigenvalue weighted by Gasteiger charge is -2.16. The molecule has 0 unspecified atom stereocenters. The van der Waals surface area contributed by atoms with Crippen molar-refractivity contribution < 1.29 is 13.2 Å². The normalized spacial score (nSPS) is 10.5. The predicted molar refractivity (Wildman–Crippen MR) is 61.3 cm³/mol. The van der Waals surface area contributed by atoms with E-state index >= 15 is 0 Å². The van der Waals surface area contributed by atoms with Crippen LogP contribution in [0.4, 0.5) is 13.2 Å². The molecule has 0 fully saturated rings. The molecule has 1 rings (SSSR count). The van der Waals surface area contributed by atoms with Crippen LogP contribution in [-0.4, -0.2) is 0 Å². The molecule has 1 heterocycles. The molecule has 94 valence electrons. The molecule has 0 bridgehead atoms. The maximum Gasteiger partial charge on any atom is 0.301 e. The van der Waals surface area contributed by atoms with Gasteiger partial charge in [-0.3, -0.25) is 0 Å². The van der Waals surface area contributed by atoms with E-state index in [-0.39, 0.29) is 12.8 Å². The largest absolute Gasteiger partial charge is 0.301 e. The third-order valence-corrected chi connectivity index (χ3v) is 3.22. The second-order valence-electron chi connectivity index (χ2n) is 3.78. The zero-order chi connectivity index (χ0) is 13.6. The summed E-state index contributed by atoms with van der Waals surface area (Å²) in [6.45, 7) is 0. The molecule has 2 nitrogen and oxygen atoms in total. The summed E-state index contributed by atoms with van der Waals surface area (Å²) in [5.41, 5.74) is -0.693. The van der Waals surface area contributed by atoms with Crippen molar-refractivity contribution in [2.75, 3.05) is 0 Å². The summed E-state index contributed by atoms with van der Waals surface area (Å²) in [6, 6.07) is 5.36. The van der Waals surface area contributed by atoms with Gasteiger partial charge in [-0.05, 0) is 28.8 Å². The minimum atomic E-state index is -2.39. The molecule has 0 aromatic carbocycles. The van der Waals surface area contributed by atoms with Crippen LogP contribution < -0.4 is 0 Å². The molecule has 0 N–H and O–H groups in total. The quantitative estimate of drug-likeness (QED) is 0.805. The Hall–Kier alpha value is -1.79. The molecule has 0 aliphatic heterocycles. The van der Waals surface area contributed by atoms with Gasteiger partial charge in [-0.2, -0.15) is 30.6 Å². The summed E-state index contributed by atoms with van der Waals surface area (Å²) < 4.78 is 36.6. The van der Waals surface area contributed by atoms with Crippen LogP contribution in [0.15, 0.2) is 28.7 Å². The van der Waals surface area contributed by atoms with Crippen LogP contribution in [-0.2, 0) is 6.42 Å². The zero-order valence-electron chi connectivity index (χ0n) is 9.29. The summed E-state index contributed by atoms with van der Waals surface area (Å²) >= 11 is 1.41. The topological polar surface area (TPSA) is 47.6 Å². The van der Waals surface area contributed by atoms with Gasteiger partial charge in [-0.1, -0.05) is 0 Å². The average molecular weight is 270 g/mol. The van der Waals surface area contributed by atoms with Crippen molar-refractivity contribution in [2.24, 2.45) is 5.41 Å². The molecular formula is C12H9F3N2S. The molecule has 6 heteroatoms. The molecular weight excluding hydrogens is 261 g/mol. The lowest BCUT2D eigenvalue weighted by atomic mass is 9.81. The third-order valence-electron chi connectivity index (χ3n) is 2.49. The van der Waals surface area contributed by atoms with Crippen LogP contribution in [0.25, 0.3) is 0 Å². The highest BCUT2D eigenvalue weighted by Crippen LogP contribution is 2.31. The molecule has 0 aliphatic carbocycles. The highest BCUT2D eigenvalue weighted by molar-refractivity contribution is 7.07. The Balaban J connectivity index is 2.80. The standard InChI is InChI=1S/C12H9F3N2S/c13-10(11(14)15)1-3-12(7-16,8-17)5-9-2-4-18-6-9/h2,4,6H,1,3,5H2. The van der Waals surface area contributed by atoms with Gasteiger partial charge in [0, 0.05) is 12.8 Å². The first kappa shape index (κ1) is 14.3. The van der Waals surface area contributed by atoms with Gasteiger partial charge in [-0.15, -0.1) is 0 Å². The predicted octanol–water partition coefficient (Wildman–Crippen LogP) is 4.18. The fourth-order valence-electron chi connectivity index (χ4n) is 1.46. The molecule has 18 heavy (non-hydrogen) atoms. The Labute approximate surface area is 107 Å². The lowest BCUT2D eigenvalue weighted by molar-refractivity contribution is 0.355. The smallest absolute Gasteiger partial charge is 0.206 e. The molecule has 0 aliphatic rings. The second-order valence-corrected chi connectivity index (χ2v) is 4.56. The van der Waals surface area contributed by atoms with Crippen molar-refractivity contribution in [2.45, 2.75) is 19.3 Å². The maximum absolute atomic E-state index is 12.7. The van der Waals surface area contributed by atoms with Crippen LogP contribution >= 0.6 is 11.3 Å². The fourth-order valence-corrected chi connectivity index (χ4v) is 2.13. The van der Waals surface area contributed by atoms with Crippen molar-refractivity contribution in [1.29, 1.82) is 10.5 Å². The number of rotatable bonds is 5. The van der Waals surface area contributed by atoms with Gasteiger partial charge in [-0.25, -0.2) is 4.39 Å². The first-order chi connectivity index (χ1) is 8.53. The number of nitriles is 2. The van der Waals surface area contributed by atoms with E-state index in [9.17, 15) is 13.2 Å². The number of allylic oxidation sites excluding steroid dienone is 1. The number of hydrogen-bond acceptors (Lipinski definition) is 3. The maximum atomic E-state index is 12.7. The fraction of sp³-hybridized carbons (Fsp3) is 0.333. The zero-order valence-corrected chi connectivity index (χ0v) is 10.1. The summed E-state index contributed by atoms with van der Waals surface area (Å²) in [6.07, 6.45) is -3.13. The Morgan fingerprint density at radius 3 is 2.39 bits per heavy atom. The van der Waals surface area contributed by atoms with E-state index in [1.165, 1.54) is 11.3 Å². The molecule has 1 aromatic rings. The molecule has 0 saturated heterocycles. The molecule has 0 atom stereocenters.